The number of amides is 1. The molecule has 0 spiro atoms. The molecule has 2 aromatic rings. The number of benzene rings is 2. The zero-order chi connectivity index (χ0) is 20.6. The normalized spacial score (nSPS) is 16.4. The minimum atomic E-state index is -0.0527. The van der Waals surface area contributed by atoms with Gasteiger partial charge in [-0.15, -0.1) is 24.0 Å². The van der Waals surface area contributed by atoms with Crippen molar-refractivity contribution in [3.8, 4) is 11.5 Å². The van der Waals surface area contributed by atoms with Gasteiger partial charge in [-0.1, -0.05) is 18.2 Å². The summed E-state index contributed by atoms with van der Waals surface area (Å²) < 4.78 is 11.1. The molecule has 1 heterocycles. The number of nitrogens with one attached hydrogen (secondary N) is 3. The van der Waals surface area contributed by atoms with Gasteiger partial charge in [0.15, 0.2) is 5.96 Å². The van der Waals surface area contributed by atoms with Crippen molar-refractivity contribution < 1.29 is 14.3 Å². The van der Waals surface area contributed by atoms with E-state index in [2.05, 4.69) is 27.0 Å². The number of anilines is 1. The monoisotopic (exact) mass is 524 g/mol. The molecule has 1 aliphatic rings. The minimum absolute atomic E-state index is 0. The van der Waals surface area contributed by atoms with Crippen molar-refractivity contribution in [2.24, 2.45) is 4.99 Å². The van der Waals surface area contributed by atoms with Crippen LogP contribution >= 0.6 is 24.0 Å². The van der Waals surface area contributed by atoms with E-state index in [1.54, 1.807) is 14.2 Å². The molecule has 3 rings (SSSR count). The van der Waals surface area contributed by atoms with Crippen LogP contribution in [-0.2, 0) is 4.79 Å². The molecule has 2 aromatic carbocycles. The van der Waals surface area contributed by atoms with Gasteiger partial charge < -0.3 is 25.4 Å². The van der Waals surface area contributed by atoms with Gasteiger partial charge in [-0.3, -0.25) is 9.79 Å². The quantitative estimate of drug-likeness (QED) is 0.294. The first-order valence-corrected chi connectivity index (χ1v) is 9.73. The van der Waals surface area contributed by atoms with Crippen molar-refractivity contribution in [2.75, 3.05) is 32.6 Å². The van der Waals surface area contributed by atoms with E-state index in [1.807, 2.05) is 49.4 Å². The summed E-state index contributed by atoms with van der Waals surface area (Å²) in [4.78, 5) is 16.2. The van der Waals surface area contributed by atoms with Crippen LogP contribution in [0.15, 0.2) is 53.5 Å². The Hall–Kier alpha value is -2.49. The van der Waals surface area contributed by atoms with Crippen LogP contribution in [0.2, 0.25) is 0 Å². The molecule has 7 nitrogen and oxygen atoms in total. The zero-order valence-corrected chi connectivity index (χ0v) is 19.8. The Morgan fingerprint density at radius 2 is 1.87 bits per heavy atom. The number of hydrogen-bond donors (Lipinski definition) is 3. The second-order valence-electron chi connectivity index (χ2n) is 6.97. The topological polar surface area (TPSA) is 84.0 Å². The van der Waals surface area contributed by atoms with Crippen LogP contribution in [0.25, 0.3) is 0 Å². The van der Waals surface area contributed by atoms with E-state index in [1.165, 1.54) is 0 Å². The molecule has 0 radical (unpaired) electrons. The average Bonchev–Trinajstić information content (AvgIpc) is 2.74. The van der Waals surface area contributed by atoms with Crippen LogP contribution < -0.4 is 25.4 Å². The van der Waals surface area contributed by atoms with Crippen LogP contribution in [-0.4, -0.2) is 45.2 Å². The van der Waals surface area contributed by atoms with Crippen molar-refractivity contribution >= 4 is 41.5 Å². The zero-order valence-electron chi connectivity index (χ0n) is 17.5. The number of nitrogens with zero attached hydrogens (tertiary/aromatic N) is 1. The van der Waals surface area contributed by atoms with Crippen LogP contribution in [0.1, 0.15) is 24.8 Å². The standard InChI is InChI=1S/C22H28N4O3.HI/c1-15(29-18-10-8-17(28-3)9-11-18)13-24-22(23-2)25-14-16-12-21(27)26-20-7-5-4-6-19(16)20;/h4-11,15-16H,12-14H2,1-3H3,(H,26,27)(H2,23,24,25);1H. The number of carbonyl (C=O) groups excluding carboxylic acids is 1. The Morgan fingerprint density at radius 1 is 1.17 bits per heavy atom. The Bertz CT molecular complexity index is 858. The van der Waals surface area contributed by atoms with Gasteiger partial charge in [0.05, 0.1) is 13.7 Å². The average molecular weight is 524 g/mol. The van der Waals surface area contributed by atoms with Gasteiger partial charge in [-0.2, -0.15) is 0 Å². The maximum Gasteiger partial charge on any atom is 0.225 e. The van der Waals surface area contributed by atoms with E-state index in [9.17, 15) is 4.79 Å². The minimum Gasteiger partial charge on any atom is -0.497 e. The van der Waals surface area contributed by atoms with Crippen molar-refractivity contribution in [3.05, 3.63) is 54.1 Å². The predicted molar refractivity (Wildman–Crippen MR) is 130 cm³/mol. The van der Waals surface area contributed by atoms with Crippen LogP contribution in [0.3, 0.4) is 0 Å². The first-order valence-electron chi connectivity index (χ1n) is 9.73. The van der Waals surface area contributed by atoms with Gasteiger partial charge >= 0.3 is 0 Å². The third-order valence-corrected chi connectivity index (χ3v) is 4.80. The molecule has 3 N–H and O–H groups in total. The number of guanidine groups is 1. The van der Waals surface area contributed by atoms with Crippen LogP contribution in [0.5, 0.6) is 11.5 Å². The third-order valence-electron chi connectivity index (χ3n) is 4.80. The number of methoxy groups -OCH3 is 1. The summed E-state index contributed by atoms with van der Waals surface area (Å²) in [5.74, 6) is 2.41. The molecule has 8 heteroatoms. The summed E-state index contributed by atoms with van der Waals surface area (Å²) >= 11 is 0. The molecule has 0 fully saturated rings. The Labute approximate surface area is 194 Å². The Morgan fingerprint density at radius 3 is 2.57 bits per heavy atom. The number of aliphatic imine (C=N–C) groups is 1. The number of halogens is 1. The molecule has 1 amide bonds. The van der Waals surface area contributed by atoms with Gasteiger partial charge in [0.1, 0.15) is 17.6 Å². The highest BCUT2D eigenvalue weighted by atomic mass is 127. The molecular formula is C22H29IN4O3. The first kappa shape index (κ1) is 23.8. The van der Waals surface area contributed by atoms with Crippen LogP contribution in [0, 0.1) is 0 Å². The van der Waals surface area contributed by atoms with E-state index in [0.717, 1.165) is 22.7 Å². The summed E-state index contributed by atoms with van der Waals surface area (Å²) in [6.45, 7) is 3.21. The van der Waals surface area contributed by atoms with E-state index in [-0.39, 0.29) is 41.9 Å². The summed E-state index contributed by atoms with van der Waals surface area (Å²) in [6, 6.07) is 15.4. The molecule has 30 heavy (non-hydrogen) atoms. The second kappa shape index (κ2) is 11.6. The highest BCUT2D eigenvalue weighted by Crippen LogP contribution is 2.31. The third kappa shape index (κ3) is 6.51. The fraction of sp³-hybridized carbons (Fsp3) is 0.364. The fourth-order valence-electron chi connectivity index (χ4n) is 3.29. The highest BCUT2D eigenvalue weighted by molar-refractivity contribution is 14.0. The highest BCUT2D eigenvalue weighted by Gasteiger charge is 2.24. The molecule has 162 valence electrons. The van der Waals surface area contributed by atoms with Gasteiger partial charge in [0, 0.05) is 31.6 Å². The first-order chi connectivity index (χ1) is 14.1. The fourth-order valence-corrected chi connectivity index (χ4v) is 3.29. The smallest absolute Gasteiger partial charge is 0.225 e. The maximum atomic E-state index is 12.0. The lowest BCUT2D eigenvalue weighted by Crippen LogP contribution is -2.43. The molecule has 0 aliphatic carbocycles. The van der Waals surface area contributed by atoms with E-state index < -0.39 is 0 Å². The van der Waals surface area contributed by atoms with Gasteiger partial charge in [-0.25, -0.2) is 0 Å². The molecule has 2 unspecified atom stereocenters. The second-order valence-corrected chi connectivity index (χ2v) is 6.97. The molecule has 0 aromatic heterocycles. The molecule has 0 saturated carbocycles. The number of ether oxygens (including phenoxy) is 2. The number of para-hydroxylation sites is 1. The predicted octanol–water partition coefficient (Wildman–Crippen LogP) is 3.37. The largest absolute Gasteiger partial charge is 0.497 e. The lowest BCUT2D eigenvalue weighted by Gasteiger charge is -2.26. The molecule has 0 saturated heterocycles. The van der Waals surface area contributed by atoms with E-state index >= 15 is 0 Å². The molecule has 2 atom stereocenters. The molecule has 1 aliphatic heterocycles. The van der Waals surface area contributed by atoms with E-state index in [4.69, 9.17) is 9.47 Å². The number of carbonyl (C=O) groups is 1. The number of fused-ring (bicyclic) bond motifs is 1. The van der Waals surface area contributed by atoms with Gasteiger partial charge in [0.2, 0.25) is 5.91 Å². The summed E-state index contributed by atoms with van der Waals surface area (Å²) in [5.41, 5.74) is 2.03. The van der Waals surface area contributed by atoms with Gasteiger partial charge in [-0.05, 0) is 42.8 Å². The summed E-state index contributed by atoms with van der Waals surface area (Å²) in [7, 11) is 3.37. The Kier molecular flexibility index (Phi) is 9.22. The summed E-state index contributed by atoms with van der Waals surface area (Å²) in [6.07, 6.45) is 0.404. The maximum absolute atomic E-state index is 12.0. The lowest BCUT2D eigenvalue weighted by molar-refractivity contribution is -0.116. The SMILES string of the molecule is CN=C(NCC(C)Oc1ccc(OC)cc1)NCC1CC(=O)Nc2ccccc21.I. The van der Waals surface area contributed by atoms with Crippen molar-refractivity contribution in [2.45, 2.75) is 25.4 Å². The summed E-state index contributed by atoms with van der Waals surface area (Å²) in [5, 5.41) is 9.52. The molecular weight excluding hydrogens is 495 g/mol. The van der Waals surface area contributed by atoms with Crippen molar-refractivity contribution in [3.63, 3.8) is 0 Å². The van der Waals surface area contributed by atoms with Gasteiger partial charge in [0.25, 0.3) is 0 Å². The van der Waals surface area contributed by atoms with Crippen molar-refractivity contribution in [1.29, 1.82) is 0 Å². The van der Waals surface area contributed by atoms with Crippen molar-refractivity contribution in [1.82, 2.24) is 10.6 Å². The molecule has 0 bridgehead atoms. The number of hydrogen-bond acceptors (Lipinski definition) is 4. The van der Waals surface area contributed by atoms with Crippen LogP contribution in [0.4, 0.5) is 5.69 Å². The Balaban J connectivity index is 0.00000320. The lowest BCUT2D eigenvalue weighted by atomic mass is 9.90. The van der Waals surface area contributed by atoms with E-state index in [0.29, 0.717) is 25.5 Å². The number of rotatable bonds is 7.